The second-order valence-electron chi connectivity index (χ2n) is 5.28. The summed E-state index contributed by atoms with van der Waals surface area (Å²) in [5.41, 5.74) is 7.84. The number of pyridine rings is 1. The van der Waals surface area contributed by atoms with Gasteiger partial charge in [-0.3, -0.25) is 0 Å². The van der Waals surface area contributed by atoms with Crippen molar-refractivity contribution in [1.29, 1.82) is 0 Å². The third-order valence-corrected chi connectivity index (χ3v) is 3.95. The van der Waals surface area contributed by atoms with Gasteiger partial charge in [0.25, 0.3) is 0 Å². The molecule has 1 aliphatic heterocycles. The molecule has 0 bridgehead atoms. The monoisotopic (exact) mass is 248 g/mol. The van der Waals surface area contributed by atoms with E-state index >= 15 is 0 Å². The molecule has 1 saturated heterocycles. The fraction of sp³-hybridized carbons (Fsp3) is 0.643. The lowest BCUT2D eigenvalue weighted by Crippen LogP contribution is -2.37. The van der Waals surface area contributed by atoms with Gasteiger partial charge in [0.1, 0.15) is 5.82 Å². The first-order valence-electron chi connectivity index (χ1n) is 6.69. The van der Waals surface area contributed by atoms with Gasteiger partial charge in [-0.15, -0.1) is 0 Å². The number of rotatable bonds is 4. The molecule has 4 nitrogen and oxygen atoms in total. The first-order chi connectivity index (χ1) is 8.61. The Morgan fingerprint density at radius 1 is 1.50 bits per heavy atom. The average molecular weight is 248 g/mol. The maximum absolute atomic E-state index is 5.67. The van der Waals surface area contributed by atoms with Crippen molar-refractivity contribution in [3.05, 3.63) is 23.4 Å². The van der Waals surface area contributed by atoms with Gasteiger partial charge in [-0.25, -0.2) is 4.98 Å². The molecule has 2 rings (SSSR count). The van der Waals surface area contributed by atoms with Crippen molar-refractivity contribution < 1.29 is 0 Å². The van der Waals surface area contributed by atoms with Gasteiger partial charge in [-0.1, -0.05) is 6.07 Å². The largest absolute Gasteiger partial charge is 0.358 e. The van der Waals surface area contributed by atoms with Crippen LogP contribution >= 0.6 is 0 Å². The second kappa shape index (κ2) is 5.67. The molecule has 0 aliphatic carbocycles. The highest BCUT2D eigenvalue weighted by Gasteiger charge is 2.22. The van der Waals surface area contributed by atoms with E-state index in [1.54, 1.807) is 0 Å². The second-order valence-corrected chi connectivity index (χ2v) is 5.28. The number of hydrogen-bond donors (Lipinski definition) is 1. The molecule has 4 heteroatoms. The molecular formula is C14H24N4. The molecule has 1 aromatic rings. The number of anilines is 1. The number of likely N-dealkylation sites (N-methyl/N-ethyl adjacent to an activating group) is 2. The van der Waals surface area contributed by atoms with Crippen LogP contribution in [0.5, 0.6) is 0 Å². The molecule has 1 aliphatic rings. The summed E-state index contributed by atoms with van der Waals surface area (Å²) in [4.78, 5) is 9.33. The zero-order valence-electron chi connectivity index (χ0n) is 11.7. The molecule has 0 saturated carbocycles. The van der Waals surface area contributed by atoms with Crippen LogP contribution in [0.4, 0.5) is 5.82 Å². The van der Waals surface area contributed by atoms with Crippen LogP contribution in [0, 0.1) is 6.92 Å². The average Bonchev–Trinajstić information content (AvgIpc) is 2.75. The smallest absolute Gasteiger partial charge is 0.128 e. The van der Waals surface area contributed by atoms with Gasteiger partial charge in [-0.2, -0.15) is 0 Å². The van der Waals surface area contributed by atoms with Gasteiger partial charge in [0.2, 0.25) is 0 Å². The molecule has 1 aromatic heterocycles. The van der Waals surface area contributed by atoms with E-state index in [1.165, 1.54) is 19.4 Å². The summed E-state index contributed by atoms with van der Waals surface area (Å²) in [6.07, 6.45) is 2.61. The summed E-state index contributed by atoms with van der Waals surface area (Å²) in [5.74, 6) is 1.05. The van der Waals surface area contributed by atoms with Crippen LogP contribution in [0.1, 0.15) is 24.1 Å². The van der Waals surface area contributed by atoms with Crippen LogP contribution in [0.2, 0.25) is 0 Å². The molecule has 100 valence electrons. The summed E-state index contributed by atoms with van der Waals surface area (Å²) in [6.45, 7) is 4.86. The van der Waals surface area contributed by atoms with Gasteiger partial charge in [0.05, 0.1) is 0 Å². The molecule has 0 aromatic carbocycles. The number of nitrogens with two attached hydrogens (primary N) is 1. The molecule has 1 fully saturated rings. The number of nitrogens with zero attached hydrogens (tertiary/aromatic N) is 3. The number of hydrogen-bond acceptors (Lipinski definition) is 4. The molecule has 0 spiro atoms. The van der Waals surface area contributed by atoms with Gasteiger partial charge in [0, 0.05) is 31.9 Å². The maximum Gasteiger partial charge on any atom is 0.128 e. The molecule has 2 N–H and O–H groups in total. The minimum Gasteiger partial charge on any atom is -0.358 e. The lowest BCUT2D eigenvalue weighted by atomic mass is 10.2. The third-order valence-electron chi connectivity index (χ3n) is 3.95. The zero-order valence-corrected chi connectivity index (χ0v) is 11.7. The van der Waals surface area contributed by atoms with Crippen molar-refractivity contribution in [2.75, 3.05) is 32.1 Å². The highest BCUT2D eigenvalue weighted by atomic mass is 15.2. The van der Waals surface area contributed by atoms with Gasteiger partial charge >= 0.3 is 0 Å². The minimum absolute atomic E-state index is 0.564. The lowest BCUT2D eigenvalue weighted by molar-refractivity contribution is 0.314. The number of aromatic nitrogens is 1. The van der Waals surface area contributed by atoms with E-state index < -0.39 is 0 Å². The summed E-state index contributed by atoms with van der Waals surface area (Å²) in [6, 6.07) is 4.82. The molecule has 0 radical (unpaired) electrons. The Labute approximate surface area is 110 Å². The van der Waals surface area contributed by atoms with E-state index in [1.807, 2.05) is 6.92 Å². The van der Waals surface area contributed by atoms with E-state index in [0.29, 0.717) is 12.6 Å². The SMILES string of the molecule is Cc1nc(N(C)CC2CCCN2C)ccc1CN. The fourth-order valence-corrected chi connectivity index (χ4v) is 2.62. The third kappa shape index (κ3) is 2.82. The number of aryl methyl sites for hydroxylation is 1. The quantitative estimate of drug-likeness (QED) is 0.874. The summed E-state index contributed by atoms with van der Waals surface area (Å²) >= 11 is 0. The van der Waals surface area contributed by atoms with E-state index in [9.17, 15) is 0 Å². The van der Waals surface area contributed by atoms with Crippen molar-refractivity contribution in [3.8, 4) is 0 Å². The van der Waals surface area contributed by atoms with Crippen LogP contribution in [0.25, 0.3) is 0 Å². The van der Waals surface area contributed by atoms with Crippen LogP contribution < -0.4 is 10.6 Å². The normalized spacial score (nSPS) is 20.3. The van der Waals surface area contributed by atoms with Crippen LogP contribution in [-0.2, 0) is 6.54 Å². The minimum atomic E-state index is 0.564. The Balaban J connectivity index is 2.04. The Morgan fingerprint density at radius 2 is 2.28 bits per heavy atom. The predicted octanol–water partition coefficient (Wildman–Crippen LogP) is 1.38. The van der Waals surface area contributed by atoms with Gasteiger partial charge < -0.3 is 15.5 Å². The predicted molar refractivity (Wildman–Crippen MR) is 75.8 cm³/mol. The van der Waals surface area contributed by atoms with E-state index in [2.05, 4.69) is 41.0 Å². The Morgan fingerprint density at radius 3 is 2.83 bits per heavy atom. The van der Waals surface area contributed by atoms with Gasteiger partial charge in [-0.05, 0) is 45.0 Å². The Bertz CT molecular complexity index is 405. The summed E-state index contributed by atoms with van der Waals surface area (Å²) < 4.78 is 0. The number of likely N-dealkylation sites (tertiary alicyclic amines) is 1. The Hall–Kier alpha value is -1.13. The first kappa shape index (κ1) is 13.3. The van der Waals surface area contributed by atoms with E-state index in [4.69, 9.17) is 5.73 Å². The van der Waals surface area contributed by atoms with Crippen molar-refractivity contribution in [2.45, 2.75) is 32.4 Å². The van der Waals surface area contributed by atoms with Crippen LogP contribution in [0.15, 0.2) is 12.1 Å². The molecule has 18 heavy (non-hydrogen) atoms. The summed E-state index contributed by atoms with van der Waals surface area (Å²) in [7, 11) is 4.33. The van der Waals surface area contributed by atoms with Crippen LogP contribution in [0.3, 0.4) is 0 Å². The first-order valence-corrected chi connectivity index (χ1v) is 6.69. The van der Waals surface area contributed by atoms with E-state index in [-0.39, 0.29) is 0 Å². The highest BCUT2D eigenvalue weighted by molar-refractivity contribution is 5.41. The van der Waals surface area contributed by atoms with E-state index in [0.717, 1.165) is 23.6 Å². The van der Waals surface area contributed by atoms with Crippen molar-refractivity contribution in [3.63, 3.8) is 0 Å². The lowest BCUT2D eigenvalue weighted by Gasteiger charge is -2.27. The molecule has 0 amide bonds. The fourth-order valence-electron chi connectivity index (χ4n) is 2.62. The van der Waals surface area contributed by atoms with Gasteiger partial charge in [0.15, 0.2) is 0 Å². The maximum atomic E-state index is 5.67. The van der Waals surface area contributed by atoms with Crippen LogP contribution in [-0.4, -0.2) is 43.1 Å². The summed E-state index contributed by atoms with van der Waals surface area (Å²) in [5, 5.41) is 0. The molecule has 1 unspecified atom stereocenters. The zero-order chi connectivity index (χ0) is 13.1. The molecule has 1 atom stereocenters. The highest BCUT2D eigenvalue weighted by Crippen LogP contribution is 2.19. The van der Waals surface area contributed by atoms with Crippen molar-refractivity contribution >= 4 is 5.82 Å². The standard InChI is InChI=1S/C14H24N4/c1-11-12(9-15)6-7-14(16-11)18(3)10-13-5-4-8-17(13)2/h6-7,13H,4-5,8-10,15H2,1-3H3. The van der Waals surface area contributed by atoms with Crippen molar-refractivity contribution in [2.24, 2.45) is 5.73 Å². The Kier molecular flexibility index (Phi) is 4.19. The molecular weight excluding hydrogens is 224 g/mol. The van der Waals surface area contributed by atoms with Crippen molar-refractivity contribution in [1.82, 2.24) is 9.88 Å². The topological polar surface area (TPSA) is 45.4 Å². The molecule has 2 heterocycles.